The summed E-state index contributed by atoms with van der Waals surface area (Å²) in [6.45, 7) is 0. The predicted molar refractivity (Wildman–Crippen MR) is 39.4 cm³/mol. The van der Waals surface area contributed by atoms with Gasteiger partial charge in [0.25, 0.3) is 0 Å². The van der Waals surface area contributed by atoms with Crippen LogP contribution < -0.4 is 0 Å². The van der Waals surface area contributed by atoms with E-state index in [-0.39, 0.29) is 0 Å². The number of nitrogens with zero attached hydrogens (tertiary/aromatic N) is 1. The summed E-state index contributed by atoms with van der Waals surface area (Å²) < 4.78 is 0. The molecule has 1 atom stereocenters. The Morgan fingerprint density at radius 3 is 3.30 bits per heavy atom. The molecule has 1 unspecified atom stereocenters. The molecule has 0 aromatic rings. The van der Waals surface area contributed by atoms with Gasteiger partial charge in [0.2, 0.25) is 0 Å². The van der Waals surface area contributed by atoms with E-state index in [0.717, 1.165) is 5.57 Å². The minimum atomic E-state index is 0.332. The van der Waals surface area contributed by atoms with Gasteiger partial charge in [0.15, 0.2) is 0 Å². The van der Waals surface area contributed by atoms with Crippen molar-refractivity contribution in [2.75, 3.05) is 0 Å². The van der Waals surface area contributed by atoms with E-state index in [1.54, 1.807) is 12.5 Å². The predicted octanol–water partition coefficient (Wildman–Crippen LogP) is 1.63. The monoisotopic (exact) mass is 133 g/mol. The Hall–Kier alpha value is -1.31. The largest absolute Gasteiger partial charge is 0.365 e. The molecule has 0 N–H and O–H groups in total. The van der Waals surface area contributed by atoms with E-state index in [1.807, 2.05) is 18.2 Å². The van der Waals surface area contributed by atoms with Crippen LogP contribution in [0.1, 0.15) is 0 Å². The van der Waals surface area contributed by atoms with E-state index >= 15 is 0 Å². The van der Waals surface area contributed by atoms with Crippen molar-refractivity contribution in [3.8, 4) is 0 Å². The molecule has 0 amide bonds. The zero-order chi connectivity index (χ0) is 6.81. The third-order valence-corrected chi connectivity index (χ3v) is 1.57. The molecule has 0 aromatic heterocycles. The Kier molecular flexibility index (Phi) is 1.17. The molecule has 1 aliphatic carbocycles. The topological polar surface area (TPSA) is 21.6 Å². The quantitative estimate of drug-likeness (QED) is 0.492. The summed E-state index contributed by atoms with van der Waals surface area (Å²) in [4.78, 5) is 4.76. The minimum absolute atomic E-state index is 0.332. The molecule has 2 rings (SSSR count). The molecule has 0 saturated carbocycles. The molecule has 0 aromatic carbocycles. The first-order valence-electron chi connectivity index (χ1n) is 3.21. The highest BCUT2D eigenvalue weighted by molar-refractivity contribution is 5.70. The van der Waals surface area contributed by atoms with Gasteiger partial charge in [-0.25, -0.2) is 0 Å². The SMILES string of the molecule is C1=CC2=CON=CC2C=C1. The summed E-state index contributed by atoms with van der Waals surface area (Å²) in [5, 5.41) is 3.67. The summed E-state index contributed by atoms with van der Waals surface area (Å²) in [5.74, 6) is 0.332. The molecule has 0 fully saturated rings. The number of hydrogen-bond acceptors (Lipinski definition) is 2. The molecule has 50 valence electrons. The van der Waals surface area contributed by atoms with Gasteiger partial charge >= 0.3 is 0 Å². The van der Waals surface area contributed by atoms with Crippen LogP contribution in [0.5, 0.6) is 0 Å². The van der Waals surface area contributed by atoms with Crippen LogP contribution in [-0.4, -0.2) is 6.21 Å². The van der Waals surface area contributed by atoms with Gasteiger partial charge in [-0.05, 0) is 0 Å². The molecule has 2 aliphatic rings. The number of allylic oxidation sites excluding steroid dienone is 5. The van der Waals surface area contributed by atoms with Gasteiger partial charge in [-0.15, -0.1) is 0 Å². The van der Waals surface area contributed by atoms with Crippen molar-refractivity contribution < 1.29 is 4.84 Å². The summed E-state index contributed by atoms with van der Waals surface area (Å²) >= 11 is 0. The zero-order valence-corrected chi connectivity index (χ0v) is 5.40. The van der Waals surface area contributed by atoms with Crippen molar-refractivity contribution >= 4 is 6.21 Å². The zero-order valence-electron chi connectivity index (χ0n) is 5.40. The van der Waals surface area contributed by atoms with Crippen LogP contribution in [0.15, 0.2) is 41.3 Å². The molecule has 1 aliphatic heterocycles. The Morgan fingerprint density at radius 2 is 2.40 bits per heavy atom. The van der Waals surface area contributed by atoms with E-state index in [9.17, 15) is 0 Å². The second-order valence-corrected chi connectivity index (χ2v) is 2.25. The standard InChI is InChI=1S/C8H7NO/c1-2-4-8-6-10-9-5-7(8)3-1/h1-7H. The van der Waals surface area contributed by atoms with Gasteiger partial charge in [0.05, 0.1) is 6.21 Å². The third-order valence-electron chi connectivity index (χ3n) is 1.57. The minimum Gasteiger partial charge on any atom is -0.365 e. The summed E-state index contributed by atoms with van der Waals surface area (Å²) in [7, 11) is 0. The highest BCUT2D eigenvalue weighted by Crippen LogP contribution is 2.19. The molecular formula is C8H7NO. The first-order valence-corrected chi connectivity index (χ1v) is 3.21. The molecule has 1 heterocycles. The van der Waals surface area contributed by atoms with Crippen molar-refractivity contribution in [3.05, 3.63) is 36.1 Å². The van der Waals surface area contributed by atoms with Crippen LogP contribution >= 0.6 is 0 Å². The van der Waals surface area contributed by atoms with Crippen molar-refractivity contribution in [1.82, 2.24) is 0 Å². The molecular weight excluding hydrogens is 126 g/mol. The van der Waals surface area contributed by atoms with Gasteiger partial charge in [-0.1, -0.05) is 29.5 Å². The second-order valence-electron chi connectivity index (χ2n) is 2.25. The first-order chi connectivity index (χ1) is 4.97. The molecule has 0 spiro atoms. The Balaban J connectivity index is 2.33. The Morgan fingerprint density at radius 1 is 1.40 bits per heavy atom. The van der Waals surface area contributed by atoms with Crippen LogP contribution in [0, 0.1) is 5.92 Å². The Bertz CT molecular complexity index is 248. The fourth-order valence-electron chi connectivity index (χ4n) is 1.02. The van der Waals surface area contributed by atoms with Crippen LogP contribution in [0.4, 0.5) is 0 Å². The van der Waals surface area contributed by atoms with Crippen LogP contribution in [0.25, 0.3) is 0 Å². The van der Waals surface area contributed by atoms with E-state index in [4.69, 9.17) is 4.84 Å². The lowest BCUT2D eigenvalue weighted by atomic mass is 9.97. The summed E-state index contributed by atoms with van der Waals surface area (Å²) in [6.07, 6.45) is 11.6. The van der Waals surface area contributed by atoms with Crippen molar-refractivity contribution in [2.45, 2.75) is 0 Å². The average molecular weight is 133 g/mol. The molecule has 2 nitrogen and oxygen atoms in total. The van der Waals surface area contributed by atoms with Crippen LogP contribution in [-0.2, 0) is 4.84 Å². The maximum atomic E-state index is 4.76. The highest BCUT2D eigenvalue weighted by Gasteiger charge is 2.11. The van der Waals surface area contributed by atoms with Crippen LogP contribution in [0.3, 0.4) is 0 Å². The fraction of sp³-hybridized carbons (Fsp3) is 0.125. The normalized spacial score (nSPS) is 27.2. The third kappa shape index (κ3) is 0.778. The Labute approximate surface area is 59.2 Å². The molecule has 0 radical (unpaired) electrons. The lowest BCUT2D eigenvalue weighted by Gasteiger charge is -2.13. The van der Waals surface area contributed by atoms with Crippen LogP contribution in [0.2, 0.25) is 0 Å². The average Bonchev–Trinajstić information content (AvgIpc) is 2.05. The van der Waals surface area contributed by atoms with E-state index in [0.29, 0.717) is 5.92 Å². The smallest absolute Gasteiger partial charge is 0.126 e. The van der Waals surface area contributed by atoms with Crippen molar-refractivity contribution in [3.63, 3.8) is 0 Å². The maximum absolute atomic E-state index is 4.76. The lowest BCUT2D eigenvalue weighted by molar-refractivity contribution is 0.259. The molecule has 0 bridgehead atoms. The maximum Gasteiger partial charge on any atom is 0.126 e. The van der Waals surface area contributed by atoms with E-state index < -0.39 is 0 Å². The van der Waals surface area contributed by atoms with Gasteiger partial charge in [-0.2, -0.15) is 0 Å². The number of hydrogen-bond donors (Lipinski definition) is 0. The van der Waals surface area contributed by atoms with E-state index in [2.05, 4.69) is 11.2 Å². The molecule has 2 heteroatoms. The van der Waals surface area contributed by atoms with Gasteiger partial charge < -0.3 is 4.84 Å². The summed E-state index contributed by atoms with van der Waals surface area (Å²) in [6, 6.07) is 0. The summed E-state index contributed by atoms with van der Waals surface area (Å²) in [5.41, 5.74) is 1.16. The second kappa shape index (κ2) is 2.14. The number of fused-ring (bicyclic) bond motifs is 1. The number of rotatable bonds is 0. The van der Waals surface area contributed by atoms with Gasteiger partial charge in [-0.3, -0.25) is 0 Å². The first kappa shape index (κ1) is 5.47. The number of oxime groups is 1. The highest BCUT2D eigenvalue weighted by atomic mass is 16.6. The van der Waals surface area contributed by atoms with E-state index in [1.165, 1.54) is 0 Å². The van der Waals surface area contributed by atoms with Gasteiger partial charge in [0, 0.05) is 11.5 Å². The van der Waals surface area contributed by atoms with Crippen molar-refractivity contribution in [1.29, 1.82) is 0 Å². The fourth-order valence-corrected chi connectivity index (χ4v) is 1.02. The lowest BCUT2D eigenvalue weighted by Crippen LogP contribution is -2.06. The van der Waals surface area contributed by atoms with Crippen molar-refractivity contribution in [2.24, 2.45) is 11.1 Å². The molecule has 0 saturated heterocycles. The molecule has 10 heavy (non-hydrogen) atoms. The van der Waals surface area contributed by atoms with Gasteiger partial charge in [0.1, 0.15) is 6.26 Å².